The molecule has 0 saturated heterocycles. The molecule has 2 aromatic heterocycles. The van der Waals surface area contributed by atoms with E-state index in [-0.39, 0.29) is 16.8 Å². The first-order chi connectivity index (χ1) is 9.91. The highest BCUT2D eigenvalue weighted by Gasteiger charge is 2.35. The highest BCUT2D eigenvalue weighted by Crippen LogP contribution is 2.37. The molecule has 0 fully saturated rings. The van der Waals surface area contributed by atoms with E-state index in [2.05, 4.69) is 20.9 Å². The van der Waals surface area contributed by atoms with Crippen LogP contribution in [0.5, 0.6) is 0 Å². The van der Waals surface area contributed by atoms with Crippen molar-refractivity contribution in [2.75, 3.05) is 12.3 Å². The zero-order chi connectivity index (χ0) is 15.2. The summed E-state index contributed by atoms with van der Waals surface area (Å²) in [4.78, 5) is 5.24. The molecule has 8 heteroatoms. The van der Waals surface area contributed by atoms with Gasteiger partial charge in [-0.3, -0.25) is 0 Å². The Labute approximate surface area is 136 Å². The van der Waals surface area contributed by atoms with Crippen molar-refractivity contribution in [1.29, 1.82) is 0 Å². The van der Waals surface area contributed by atoms with E-state index in [0.717, 1.165) is 12.0 Å². The molecular weight excluding hydrogens is 374 g/mol. The zero-order valence-electron chi connectivity index (χ0n) is 11.3. The number of nitrogen functional groups attached to an aromatic ring is 1. The topological polar surface area (TPSA) is 76.3 Å². The van der Waals surface area contributed by atoms with Crippen LogP contribution in [0.4, 0.5) is 5.82 Å². The van der Waals surface area contributed by atoms with Gasteiger partial charge in [0.05, 0.1) is 0 Å². The Bertz CT molecular complexity index is 788. The molecule has 3 rings (SSSR count). The number of sulfonamides is 1. The Morgan fingerprint density at radius 2 is 2.29 bits per heavy atom. The molecule has 0 spiro atoms. The summed E-state index contributed by atoms with van der Waals surface area (Å²) in [6.45, 7) is 2.37. The van der Waals surface area contributed by atoms with E-state index >= 15 is 0 Å². The standard InChI is InChI=1S/C13H14BrN3O2S2/c1-8-10-3-5-20-11(10)2-4-17(8)21(18,19)12-6-9(14)7-16-13(12)15/h3,5-8H,2,4H2,1H3,(H2,15,16). The molecule has 21 heavy (non-hydrogen) atoms. The number of thiophene rings is 1. The van der Waals surface area contributed by atoms with Crippen molar-refractivity contribution >= 4 is 43.1 Å². The Hall–Kier alpha value is -0.960. The Morgan fingerprint density at radius 3 is 3.05 bits per heavy atom. The van der Waals surface area contributed by atoms with Crippen LogP contribution in [0.25, 0.3) is 0 Å². The van der Waals surface area contributed by atoms with Crippen LogP contribution in [-0.2, 0) is 16.4 Å². The molecule has 0 amide bonds. The first kappa shape index (κ1) is 15.0. The van der Waals surface area contributed by atoms with E-state index in [1.807, 2.05) is 18.4 Å². The quantitative estimate of drug-likeness (QED) is 0.859. The van der Waals surface area contributed by atoms with Gasteiger partial charge in [0.25, 0.3) is 0 Å². The summed E-state index contributed by atoms with van der Waals surface area (Å²) < 4.78 is 27.9. The lowest BCUT2D eigenvalue weighted by Crippen LogP contribution is -2.38. The third kappa shape index (κ3) is 2.50. The summed E-state index contributed by atoms with van der Waals surface area (Å²) >= 11 is 4.93. The first-order valence-corrected chi connectivity index (χ1v) is 9.51. The lowest BCUT2D eigenvalue weighted by molar-refractivity contribution is 0.329. The van der Waals surface area contributed by atoms with Gasteiger partial charge in [-0.15, -0.1) is 11.3 Å². The second kappa shape index (κ2) is 5.35. The maximum Gasteiger partial charge on any atom is 0.247 e. The molecule has 3 heterocycles. The number of rotatable bonds is 2. The van der Waals surface area contributed by atoms with E-state index in [1.54, 1.807) is 11.3 Å². The van der Waals surface area contributed by atoms with E-state index in [0.29, 0.717) is 11.0 Å². The molecule has 112 valence electrons. The van der Waals surface area contributed by atoms with Crippen LogP contribution >= 0.6 is 27.3 Å². The summed E-state index contributed by atoms with van der Waals surface area (Å²) in [5.41, 5.74) is 6.85. The number of anilines is 1. The highest BCUT2D eigenvalue weighted by atomic mass is 79.9. The minimum atomic E-state index is -3.66. The molecule has 1 atom stereocenters. The van der Waals surface area contributed by atoms with Gasteiger partial charge in [-0.05, 0) is 52.4 Å². The average molecular weight is 388 g/mol. The number of aromatic nitrogens is 1. The normalized spacial score (nSPS) is 19.4. The van der Waals surface area contributed by atoms with Crippen LogP contribution in [0.1, 0.15) is 23.4 Å². The van der Waals surface area contributed by atoms with Crippen molar-refractivity contribution in [1.82, 2.24) is 9.29 Å². The van der Waals surface area contributed by atoms with Crippen molar-refractivity contribution in [3.8, 4) is 0 Å². The number of halogens is 1. The third-order valence-electron chi connectivity index (χ3n) is 3.66. The molecule has 1 aliphatic heterocycles. The molecule has 2 N–H and O–H groups in total. The summed E-state index contributed by atoms with van der Waals surface area (Å²) in [5.74, 6) is 0.0292. The van der Waals surface area contributed by atoms with E-state index in [1.165, 1.54) is 21.4 Å². The number of pyridine rings is 1. The number of nitrogens with two attached hydrogens (primary N) is 1. The van der Waals surface area contributed by atoms with Gasteiger partial charge in [0.15, 0.2) is 0 Å². The van der Waals surface area contributed by atoms with Gasteiger partial charge < -0.3 is 5.73 Å². The summed E-state index contributed by atoms with van der Waals surface area (Å²) in [6.07, 6.45) is 2.23. The summed E-state index contributed by atoms with van der Waals surface area (Å²) in [7, 11) is -3.66. The molecule has 2 aromatic rings. The third-order valence-corrected chi connectivity index (χ3v) is 7.09. The fourth-order valence-electron chi connectivity index (χ4n) is 2.58. The molecule has 1 aliphatic rings. The first-order valence-electron chi connectivity index (χ1n) is 6.40. The van der Waals surface area contributed by atoms with Gasteiger partial charge in [-0.2, -0.15) is 4.31 Å². The Morgan fingerprint density at radius 1 is 1.52 bits per heavy atom. The number of hydrogen-bond acceptors (Lipinski definition) is 5. The lowest BCUT2D eigenvalue weighted by Gasteiger charge is -2.32. The Balaban J connectivity index is 2.05. The van der Waals surface area contributed by atoms with E-state index < -0.39 is 10.0 Å². The minimum absolute atomic E-state index is 0.0292. The van der Waals surface area contributed by atoms with Gasteiger partial charge in [0.2, 0.25) is 10.0 Å². The molecule has 0 radical (unpaired) electrons. The molecule has 5 nitrogen and oxygen atoms in total. The maximum absolute atomic E-state index is 12.9. The minimum Gasteiger partial charge on any atom is -0.383 e. The van der Waals surface area contributed by atoms with E-state index in [4.69, 9.17) is 5.73 Å². The van der Waals surface area contributed by atoms with Gasteiger partial charge in [0, 0.05) is 28.1 Å². The average Bonchev–Trinajstić information content (AvgIpc) is 2.91. The van der Waals surface area contributed by atoms with E-state index in [9.17, 15) is 8.42 Å². The monoisotopic (exact) mass is 387 g/mol. The SMILES string of the molecule is CC1c2ccsc2CCN1S(=O)(=O)c1cc(Br)cnc1N. The van der Waals surface area contributed by atoms with Crippen molar-refractivity contribution in [3.05, 3.63) is 38.6 Å². The fraction of sp³-hybridized carbons (Fsp3) is 0.308. The fourth-order valence-corrected chi connectivity index (χ4v) is 5.73. The highest BCUT2D eigenvalue weighted by molar-refractivity contribution is 9.10. The van der Waals surface area contributed by atoms with Gasteiger partial charge >= 0.3 is 0 Å². The molecule has 0 bridgehead atoms. The van der Waals surface area contributed by atoms with Crippen molar-refractivity contribution in [2.24, 2.45) is 0 Å². The van der Waals surface area contributed by atoms with Crippen LogP contribution in [0.2, 0.25) is 0 Å². The number of nitrogens with zero attached hydrogens (tertiary/aromatic N) is 2. The zero-order valence-corrected chi connectivity index (χ0v) is 14.5. The largest absolute Gasteiger partial charge is 0.383 e. The van der Waals surface area contributed by atoms with Crippen molar-refractivity contribution in [3.63, 3.8) is 0 Å². The number of fused-ring (bicyclic) bond motifs is 1. The van der Waals surface area contributed by atoms with Crippen molar-refractivity contribution in [2.45, 2.75) is 24.3 Å². The molecule has 0 saturated carbocycles. The van der Waals surface area contributed by atoms with Crippen molar-refractivity contribution < 1.29 is 8.42 Å². The van der Waals surface area contributed by atoms with Gasteiger partial charge in [-0.25, -0.2) is 13.4 Å². The smallest absolute Gasteiger partial charge is 0.247 e. The molecule has 0 aliphatic carbocycles. The predicted molar refractivity (Wildman–Crippen MR) is 86.7 cm³/mol. The van der Waals surface area contributed by atoms with Gasteiger partial charge in [-0.1, -0.05) is 0 Å². The van der Waals surface area contributed by atoms with Crippen LogP contribution in [0, 0.1) is 0 Å². The summed E-state index contributed by atoms with van der Waals surface area (Å²) in [5, 5.41) is 2.01. The predicted octanol–water partition coefficient (Wildman–Crippen LogP) is 2.80. The second-order valence-corrected chi connectivity index (χ2v) is 8.65. The van der Waals surface area contributed by atoms with Crippen LogP contribution < -0.4 is 5.73 Å². The van der Waals surface area contributed by atoms with Gasteiger partial charge in [0.1, 0.15) is 10.7 Å². The van der Waals surface area contributed by atoms with Crippen LogP contribution in [-0.4, -0.2) is 24.3 Å². The molecule has 1 unspecified atom stereocenters. The summed E-state index contributed by atoms with van der Waals surface area (Å²) in [6, 6.07) is 3.31. The number of hydrogen-bond donors (Lipinski definition) is 1. The molecular formula is C13H14BrN3O2S2. The van der Waals surface area contributed by atoms with Crippen LogP contribution in [0.3, 0.4) is 0 Å². The second-order valence-electron chi connectivity index (χ2n) is 4.88. The lowest BCUT2D eigenvalue weighted by atomic mass is 10.0. The maximum atomic E-state index is 12.9. The Kier molecular flexibility index (Phi) is 3.81. The van der Waals surface area contributed by atoms with Crippen LogP contribution in [0.15, 0.2) is 33.1 Å². The molecule has 0 aromatic carbocycles.